The van der Waals surface area contributed by atoms with Gasteiger partial charge in [-0.25, -0.2) is 4.57 Å². The van der Waals surface area contributed by atoms with Crippen LogP contribution in [-0.2, 0) is 27.9 Å². The summed E-state index contributed by atoms with van der Waals surface area (Å²) in [5.74, 6) is -0.338. The highest BCUT2D eigenvalue weighted by Crippen LogP contribution is 2.43. The van der Waals surface area contributed by atoms with Crippen LogP contribution in [0.5, 0.6) is 0 Å². The first-order valence-electron chi connectivity index (χ1n) is 23.8. The van der Waals surface area contributed by atoms with Crippen molar-refractivity contribution in [2.75, 3.05) is 33.0 Å². The third-order valence-electron chi connectivity index (χ3n) is 9.92. The zero-order valence-corrected chi connectivity index (χ0v) is 38.4. The van der Waals surface area contributed by atoms with Crippen LogP contribution in [0.4, 0.5) is 0 Å². The number of phosphoric acid groups is 1. The molecule has 9 heteroatoms. The van der Waals surface area contributed by atoms with Crippen molar-refractivity contribution < 1.29 is 32.8 Å². The van der Waals surface area contributed by atoms with Crippen LogP contribution in [0.2, 0.25) is 0 Å². The molecule has 0 aliphatic rings. The lowest BCUT2D eigenvalue weighted by Crippen LogP contribution is -2.28. The number of ether oxygens (including phenoxy) is 2. The first-order valence-corrected chi connectivity index (χ1v) is 25.3. The Bertz CT molecular complexity index is 1070. The first-order chi connectivity index (χ1) is 28.4. The molecule has 2 unspecified atom stereocenters. The summed E-state index contributed by atoms with van der Waals surface area (Å²) in [6.45, 7) is 4.80. The molecule has 0 aromatic rings. The average Bonchev–Trinajstić information content (AvgIpc) is 3.21. The normalized spacial score (nSPS) is 13.9. The maximum Gasteiger partial charge on any atom is 0.472 e. The predicted octanol–water partition coefficient (Wildman–Crippen LogP) is 14.5. The summed E-state index contributed by atoms with van der Waals surface area (Å²) in [7, 11) is -4.28. The summed E-state index contributed by atoms with van der Waals surface area (Å²) in [5.41, 5.74) is 5.38. The lowest BCUT2D eigenvalue weighted by Gasteiger charge is -2.20. The number of hydrogen-bond acceptors (Lipinski definition) is 7. The number of nitrogens with two attached hydrogens (primary N) is 1. The lowest BCUT2D eigenvalue weighted by atomic mass is 10.1. The molecule has 0 bridgehead atoms. The Morgan fingerprint density at radius 3 is 1.47 bits per heavy atom. The van der Waals surface area contributed by atoms with Gasteiger partial charge in [-0.1, -0.05) is 184 Å². The van der Waals surface area contributed by atoms with E-state index in [0.717, 1.165) is 57.8 Å². The van der Waals surface area contributed by atoms with Crippen molar-refractivity contribution in [2.24, 2.45) is 5.73 Å². The molecule has 3 N–H and O–H groups in total. The minimum absolute atomic E-state index is 0.0966. The highest BCUT2D eigenvalue weighted by Gasteiger charge is 2.25. The van der Waals surface area contributed by atoms with Crippen LogP contribution in [0, 0.1) is 0 Å². The van der Waals surface area contributed by atoms with Crippen LogP contribution < -0.4 is 5.73 Å². The van der Waals surface area contributed by atoms with Gasteiger partial charge in [-0.15, -0.1) is 0 Å². The quantitative estimate of drug-likeness (QED) is 0.0269. The summed E-state index contributed by atoms with van der Waals surface area (Å²) in [6, 6.07) is 0. The second-order valence-electron chi connectivity index (χ2n) is 15.6. The minimum Gasteiger partial charge on any atom is -0.457 e. The third kappa shape index (κ3) is 45.3. The smallest absolute Gasteiger partial charge is 0.457 e. The van der Waals surface area contributed by atoms with E-state index in [1.54, 1.807) is 0 Å². The fourth-order valence-electron chi connectivity index (χ4n) is 6.45. The van der Waals surface area contributed by atoms with Gasteiger partial charge in [0.25, 0.3) is 0 Å². The van der Waals surface area contributed by atoms with Crippen molar-refractivity contribution in [1.29, 1.82) is 0 Å². The van der Waals surface area contributed by atoms with Crippen molar-refractivity contribution in [3.8, 4) is 0 Å². The summed E-state index contributed by atoms with van der Waals surface area (Å²) in [5, 5.41) is 0. The van der Waals surface area contributed by atoms with E-state index in [-0.39, 0.29) is 32.3 Å². The lowest BCUT2D eigenvalue weighted by molar-refractivity contribution is -0.154. The van der Waals surface area contributed by atoms with Gasteiger partial charge in [-0.3, -0.25) is 13.8 Å². The zero-order chi connectivity index (χ0) is 42.3. The Balaban J connectivity index is 4.00. The van der Waals surface area contributed by atoms with E-state index in [2.05, 4.69) is 74.6 Å². The molecule has 0 amide bonds. The van der Waals surface area contributed by atoms with Gasteiger partial charge in [0.05, 0.1) is 19.8 Å². The second kappa shape index (κ2) is 46.3. The molecule has 338 valence electrons. The van der Waals surface area contributed by atoms with E-state index < -0.39 is 13.9 Å². The molecule has 8 nitrogen and oxygen atoms in total. The van der Waals surface area contributed by atoms with Gasteiger partial charge >= 0.3 is 13.8 Å². The van der Waals surface area contributed by atoms with Gasteiger partial charge < -0.3 is 20.1 Å². The minimum atomic E-state index is -4.28. The van der Waals surface area contributed by atoms with Gasteiger partial charge in [-0.2, -0.15) is 0 Å². The number of phosphoric ester groups is 1. The fraction of sp³-hybridized carbons (Fsp3) is 0.776. The highest BCUT2D eigenvalue weighted by molar-refractivity contribution is 7.47. The molecule has 0 radical (unpaired) electrons. The number of carbonyl (C=O) groups is 1. The largest absolute Gasteiger partial charge is 0.472 e. The maximum atomic E-state index is 12.6. The summed E-state index contributed by atoms with van der Waals surface area (Å²) >= 11 is 0. The van der Waals surface area contributed by atoms with Gasteiger partial charge in [0, 0.05) is 19.6 Å². The SMILES string of the molecule is CC/C=C\C/C=C\C/C=C\C/C=C\CCCCCCCCCCCOCC(COP(=O)(O)OCCN)OC(=O)CCCCCCCCC/C=C\CCCCCCCC. The van der Waals surface area contributed by atoms with E-state index in [1.165, 1.54) is 128 Å². The number of esters is 1. The first kappa shape index (κ1) is 56.2. The van der Waals surface area contributed by atoms with Crippen molar-refractivity contribution in [3.05, 3.63) is 60.8 Å². The summed E-state index contributed by atoms with van der Waals surface area (Å²) in [4.78, 5) is 22.5. The molecule has 0 heterocycles. The van der Waals surface area contributed by atoms with Crippen molar-refractivity contribution in [1.82, 2.24) is 0 Å². The Labute approximate surface area is 357 Å². The van der Waals surface area contributed by atoms with Gasteiger partial charge in [0.1, 0.15) is 6.10 Å². The summed E-state index contributed by atoms with van der Waals surface area (Å²) < 4.78 is 33.5. The molecule has 0 aromatic heterocycles. The zero-order valence-electron chi connectivity index (χ0n) is 37.5. The molecular weight excluding hydrogens is 746 g/mol. The van der Waals surface area contributed by atoms with Crippen molar-refractivity contribution in [3.63, 3.8) is 0 Å². The monoisotopic (exact) mass is 836 g/mol. The van der Waals surface area contributed by atoms with E-state index in [4.69, 9.17) is 24.3 Å². The number of carbonyl (C=O) groups excluding carboxylic acids is 1. The molecule has 0 fully saturated rings. The number of hydrogen-bond donors (Lipinski definition) is 2. The average molecular weight is 836 g/mol. The van der Waals surface area contributed by atoms with Crippen LogP contribution in [0.15, 0.2) is 60.8 Å². The molecule has 58 heavy (non-hydrogen) atoms. The maximum absolute atomic E-state index is 12.6. The van der Waals surface area contributed by atoms with Crippen molar-refractivity contribution in [2.45, 2.75) is 213 Å². The van der Waals surface area contributed by atoms with Gasteiger partial charge in [0.2, 0.25) is 0 Å². The molecule has 2 atom stereocenters. The summed E-state index contributed by atoms with van der Waals surface area (Å²) in [6.07, 6.45) is 56.7. The predicted molar refractivity (Wildman–Crippen MR) is 247 cm³/mol. The third-order valence-corrected chi connectivity index (χ3v) is 10.9. The topological polar surface area (TPSA) is 117 Å². The van der Waals surface area contributed by atoms with E-state index in [9.17, 15) is 14.3 Å². The van der Waals surface area contributed by atoms with Crippen LogP contribution in [0.25, 0.3) is 0 Å². The Kier molecular flexibility index (Phi) is 44.8. The molecule has 0 aliphatic carbocycles. The molecular formula is C49H90NO7P. The Morgan fingerprint density at radius 1 is 0.534 bits per heavy atom. The molecule has 0 aromatic carbocycles. The number of rotatable bonds is 45. The van der Waals surface area contributed by atoms with E-state index in [1.807, 2.05) is 0 Å². The molecule has 0 saturated carbocycles. The second-order valence-corrected chi connectivity index (χ2v) is 17.0. The van der Waals surface area contributed by atoms with Crippen LogP contribution in [-0.4, -0.2) is 49.9 Å². The highest BCUT2D eigenvalue weighted by atomic mass is 31.2. The Hall–Kier alpha value is -1.80. The van der Waals surface area contributed by atoms with E-state index in [0.29, 0.717) is 13.0 Å². The molecule has 0 saturated heterocycles. The molecule has 0 aliphatic heterocycles. The van der Waals surface area contributed by atoms with Gasteiger partial charge in [0.15, 0.2) is 0 Å². The van der Waals surface area contributed by atoms with Crippen LogP contribution >= 0.6 is 7.82 Å². The fourth-order valence-corrected chi connectivity index (χ4v) is 7.22. The van der Waals surface area contributed by atoms with Gasteiger partial charge in [-0.05, 0) is 77.0 Å². The molecule has 0 spiro atoms. The Morgan fingerprint density at radius 2 is 0.966 bits per heavy atom. The molecule has 0 rings (SSSR count). The number of unbranched alkanes of at least 4 members (excludes halogenated alkanes) is 22. The van der Waals surface area contributed by atoms with Crippen LogP contribution in [0.3, 0.4) is 0 Å². The van der Waals surface area contributed by atoms with Crippen LogP contribution in [0.1, 0.15) is 206 Å². The number of allylic oxidation sites excluding steroid dienone is 10. The standard InChI is InChI=1S/C49H90NO7P/c1-3-5-7-9-11-13-15-17-19-21-22-23-24-25-27-29-31-33-35-37-39-41-44-54-46-48(47-56-58(52,53)55-45-43-50)57-49(51)42-40-38-36-34-32-30-28-26-20-18-16-14-12-10-8-6-4-2/h5,7,11,13,17-20,22-23,48H,3-4,6,8-10,12,14-16,21,24-47,50H2,1-2H3,(H,52,53)/b7-5-,13-11-,19-17-,20-18-,23-22-. The van der Waals surface area contributed by atoms with Crippen molar-refractivity contribution >= 4 is 13.8 Å². The van der Waals surface area contributed by atoms with E-state index >= 15 is 0 Å².